The molecule has 1 fully saturated rings. The van der Waals surface area contributed by atoms with Crippen molar-refractivity contribution in [2.45, 2.75) is 31.8 Å². The molecule has 5 nitrogen and oxygen atoms in total. The number of benzene rings is 1. The Kier molecular flexibility index (Phi) is 6.25. The van der Waals surface area contributed by atoms with Gasteiger partial charge in [0, 0.05) is 13.1 Å². The predicted molar refractivity (Wildman–Crippen MR) is 96.4 cm³/mol. The third-order valence-electron chi connectivity index (χ3n) is 4.74. The van der Waals surface area contributed by atoms with Gasteiger partial charge in [0.05, 0.1) is 25.0 Å². The Balaban J connectivity index is 1.57. The minimum Gasteiger partial charge on any atom is -0.468 e. The summed E-state index contributed by atoms with van der Waals surface area (Å²) in [5.74, 6) is 0.720. The van der Waals surface area contributed by atoms with E-state index in [2.05, 4.69) is 16.3 Å². The number of ether oxygens (including phenoxy) is 1. The van der Waals surface area contributed by atoms with E-state index in [0.29, 0.717) is 5.56 Å². The summed E-state index contributed by atoms with van der Waals surface area (Å²) < 4.78 is 10.4. The van der Waals surface area contributed by atoms with Crippen molar-refractivity contribution < 1.29 is 13.9 Å². The zero-order valence-corrected chi connectivity index (χ0v) is 14.7. The fourth-order valence-electron chi connectivity index (χ4n) is 3.35. The van der Waals surface area contributed by atoms with Crippen LogP contribution in [0.5, 0.6) is 0 Å². The third kappa shape index (κ3) is 4.71. The van der Waals surface area contributed by atoms with Crippen LogP contribution in [0.1, 0.15) is 47.0 Å². The molecule has 2 aromatic rings. The maximum absolute atomic E-state index is 11.5. The minimum atomic E-state index is -0.303. The van der Waals surface area contributed by atoms with Crippen LogP contribution in [0.25, 0.3) is 0 Å². The number of piperidine rings is 1. The highest BCUT2D eigenvalue weighted by atomic mass is 16.5. The summed E-state index contributed by atoms with van der Waals surface area (Å²) in [5.41, 5.74) is 1.72. The molecule has 0 spiro atoms. The van der Waals surface area contributed by atoms with Crippen LogP contribution < -0.4 is 5.32 Å². The zero-order chi connectivity index (χ0) is 17.5. The van der Waals surface area contributed by atoms with E-state index in [0.717, 1.165) is 37.5 Å². The number of methoxy groups -OCH3 is 1. The predicted octanol–water partition coefficient (Wildman–Crippen LogP) is 3.38. The highest BCUT2D eigenvalue weighted by molar-refractivity contribution is 5.89. The van der Waals surface area contributed by atoms with Gasteiger partial charge in [-0.15, -0.1) is 0 Å². The molecule has 0 bridgehead atoms. The number of carbonyl (C=O) groups excluding carboxylic acids is 1. The molecule has 1 aromatic heterocycles. The Bertz CT molecular complexity index is 646. The lowest BCUT2D eigenvalue weighted by Gasteiger charge is -2.33. The summed E-state index contributed by atoms with van der Waals surface area (Å²) in [6.07, 6.45) is 5.58. The first-order valence-electron chi connectivity index (χ1n) is 8.93. The van der Waals surface area contributed by atoms with Crippen molar-refractivity contribution in [2.24, 2.45) is 0 Å². The van der Waals surface area contributed by atoms with Crippen LogP contribution in [-0.2, 0) is 11.3 Å². The summed E-state index contributed by atoms with van der Waals surface area (Å²) in [4.78, 5) is 14.0. The van der Waals surface area contributed by atoms with Gasteiger partial charge in [-0.3, -0.25) is 4.90 Å². The van der Waals surface area contributed by atoms with Gasteiger partial charge in [0.1, 0.15) is 5.76 Å². The molecule has 1 saturated heterocycles. The normalized spacial score (nSPS) is 16.5. The minimum absolute atomic E-state index is 0.268. The first-order valence-corrected chi connectivity index (χ1v) is 8.93. The second-order valence-corrected chi connectivity index (χ2v) is 6.45. The van der Waals surface area contributed by atoms with Crippen molar-refractivity contribution >= 4 is 5.97 Å². The second kappa shape index (κ2) is 8.83. The van der Waals surface area contributed by atoms with Gasteiger partial charge in [0.15, 0.2) is 0 Å². The molecule has 3 rings (SSSR count). The van der Waals surface area contributed by atoms with E-state index in [4.69, 9.17) is 9.15 Å². The summed E-state index contributed by atoms with van der Waals surface area (Å²) in [6.45, 7) is 3.85. The molecule has 134 valence electrons. The second-order valence-electron chi connectivity index (χ2n) is 6.45. The van der Waals surface area contributed by atoms with E-state index in [9.17, 15) is 4.79 Å². The molecule has 25 heavy (non-hydrogen) atoms. The summed E-state index contributed by atoms with van der Waals surface area (Å²) >= 11 is 0. The largest absolute Gasteiger partial charge is 0.468 e. The molecule has 0 saturated carbocycles. The van der Waals surface area contributed by atoms with Gasteiger partial charge in [0.25, 0.3) is 0 Å². The van der Waals surface area contributed by atoms with E-state index in [1.54, 1.807) is 18.4 Å². The molecular weight excluding hydrogens is 316 g/mol. The Labute approximate surface area is 149 Å². The van der Waals surface area contributed by atoms with E-state index in [1.165, 1.54) is 26.4 Å². The number of rotatable bonds is 7. The fraction of sp³-hybridized carbons (Fsp3) is 0.450. The SMILES string of the molecule is COC(=O)c1ccc(CNCC(c2ccco2)N2CCCCC2)cc1. The van der Waals surface area contributed by atoms with Crippen molar-refractivity contribution in [3.63, 3.8) is 0 Å². The molecule has 1 aromatic carbocycles. The highest BCUT2D eigenvalue weighted by Gasteiger charge is 2.23. The van der Waals surface area contributed by atoms with Crippen molar-refractivity contribution in [3.8, 4) is 0 Å². The van der Waals surface area contributed by atoms with Gasteiger partial charge in [0.2, 0.25) is 0 Å². The standard InChI is InChI=1S/C20H26N2O3/c1-24-20(23)17-9-7-16(8-10-17)14-21-15-18(19-6-5-13-25-19)22-11-3-2-4-12-22/h5-10,13,18,21H,2-4,11-12,14-15H2,1H3. The first kappa shape index (κ1) is 17.7. The lowest BCUT2D eigenvalue weighted by atomic mass is 10.1. The van der Waals surface area contributed by atoms with Gasteiger partial charge in [-0.05, 0) is 55.8 Å². The molecule has 2 heterocycles. The highest BCUT2D eigenvalue weighted by Crippen LogP contribution is 2.24. The molecule has 1 unspecified atom stereocenters. The number of nitrogens with one attached hydrogen (secondary N) is 1. The molecular formula is C20H26N2O3. The monoisotopic (exact) mass is 342 g/mol. The van der Waals surface area contributed by atoms with Gasteiger partial charge in [-0.2, -0.15) is 0 Å². The maximum atomic E-state index is 11.5. The number of carbonyl (C=O) groups is 1. The molecule has 1 aliphatic rings. The Morgan fingerprint density at radius 2 is 1.96 bits per heavy atom. The van der Waals surface area contributed by atoms with Gasteiger partial charge >= 0.3 is 5.97 Å². The molecule has 1 aliphatic heterocycles. The molecule has 0 aliphatic carbocycles. The molecule has 5 heteroatoms. The molecule has 1 N–H and O–H groups in total. The third-order valence-corrected chi connectivity index (χ3v) is 4.74. The summed E-state index contributed by atoms with van der Waals surface area (Å²) in [7, 11) is 1.40. The Morgan fingerprint density at radius 1 is 1.20 bits per heavy atom. The van der Waals surface area contributed by atoms with Crippen LogP contribution >= 0.6 is 0 Å². The van der Waals surface area contributed by atoms with Gasteiger partial charge in [-0.25, -0.2) is 4.79 Å². The van der Waals surface area contributed by atoms with Crippen LogP contribution in [-0.4, -0.2) is 37.6 Å². The van der Waals surface area contributed by atoms with Crippen LogP contribution in [0.3, 0.4) is 0 Å². The number of hydrogen-bond donors (Lipinski definition) is 1. The first-order chi connectivity index (χ1) is 12.3. The Morgan fingerprint density at radius 3 is 2.60 bits per heavy atom. The van der Waals surface area contributed by atoms with Crippen molar-refractivity contribution in [1.82, 2.24) is 10.2 Å². The average Bonchev–Trinajstić information content (AvgIpc) is 3.20. The van der Waals surface area contributed by atoms with Crippen molar-refractivity contribution in [1.29, 1.82) is 0 Å². The Hall–Kier alpha value is -2.11. The van der Waals surface area contributed by atoms with E-state index in [1.807, 2.05) is 18.2 Å². The number of likely N-dealkylation sites (tertiary alicyclic amines) is 1. The van der Waals surface area contributed by atoms with Gasteiger partial charge in [-0.1, -0.05) is 18.6 Å². The van der Waals surface area contributed by atoms with E-state index < -0.39 is 0 Å². The average molecular weight is 342 g/mol. The van der Waals surface area contributed by atoms with Crippen LogP contribution in [0.15, 0.2) is 47.1 Å². The number of nitrogens with zero attached hydrogens (tertiary/aromatic N) is 1. The van der Waals surface area contributed by atoms with Crippen LogP contribution in [0, 0.1) is 0 Å². The van der Waals surface area contributed by atoms with Crippen LogP contribution in [0.4, 0.5) is 0 Å². The smallest absolute Gasteiger partial charge is 0.337 e. The van der Waals surface area contributed by atoms with Crippen molar-refractivity contribution in [3.05, 3.63) is 59.5 Å². The van der Waals surface area contributed by atoms with Crippen LogP contribution in [0.2, 0.25) is 0 Å². The summed E-state index contributed by atoms with van der Waals surface area (Å²) in [6, 6.07) is 11.8. The van der Waals surface area contributed by atoms with E-state index >= 15 is 0 Å². The maximum Gasteiger partial charge on any atom is 0.337 e. The summed E-state index contributed by atoms with van der Waals surface area (Å²) in [5, 5.41) is 3.53. The quantitative estimate of drug-likeness (QED) is 0.782. The number of esters is 1. The lowest BCUT2D eigenvalue weighted by Crippen LogP contribution is -2.38. The topological polar surface area (TPSA) is 54.7 Å². The molecule has 0 radical (unpaired) electrons. The van der Waals surface area contributed by atoms with E-state index in [-0.39, 0.29) is 12.0 Å². The lowest BCUT2D eigenvalue weighted by molar-refractivity contribution is 0.0600. The zero-order valence-electron chi connectivity index (χ0n) is 14.7. The number of hydrogen-bond acceptors (Lipinski definition) is 5. The van der Waals surface area contributed by atoms with Gasteiger partial charge < -0.3 is 14.5 Å². The molecule has 0 amide bonds. The fourth-order valence-corrected chi connectivity index (χ4v) is 3.35. The van der Waals surface area contributed by atoms with Crippen molar-refractivity contribution in [2.75, 3.05) is 26.7 Å². The number of furan rings is 1. The molecule has 1 atom stereocenters.